The smallest absolute Gasteiger partial charge is 0.137 e. The summed E-state index contributed by atoms with van der Waals surface area (Å²) in [5, 5.41) is 15.9. The van der Waals surface area contributed by atoms with Crippen LogP contribution in [0.25, 0.3) is 5.69 Å². The van der Waals surface area contributed by atoms with Gasteiger partial charge < -0.3 is 0 Å². The molecular weight excluding hydrogens is 293 g/mol. The van der Waals surface area contributed by atoms with Crippen LogP contribution in [0, 0.1) is 19.7 Å². The molecule has 1 N–H and O–H groups in total. The molecule has 0 saturated carbocycles. The highest BCUT2D eigenvalue weighted by Crippen LogP contribution is 2.26. The molecule has 6 heteroatoms. The number of fused-ring (bicyclic) bond motifs is 3. The molecule has 23 heavy (non-hydrogen) atoms. The van der Waals surface area contributed by atoms with Crippen molar-refractivity contribution >= 4 is 0 Å². The van der Waals surface area contributed by atoms with Gasteiger partial charge in [0, 0.05) is 18.5 Å². The standard InChI is InChI=1S/C17H18FN5/c1-10-14(11(2)20-19-10)5-8-17-22-21-16-7-3-12-9-13(18)4-6-15(12)23(16)17/h4,6,9H,3,5,7-8H2,1-2H3,(H,19,20). The molecule has 0 amide bonds. The first-order valence-corrected chi connectivity index (χ1v) is 7.86. The number of benzene rings is 1. The maximum atomic E-state index is 13.5. The predicted molar refractivity (Wildman–Crippen MR) is 84.2 cm³/mol. The van der Waals surface area contributed by atoms with Gasteiger partial charge in [0.05, 0.1) is 11.4 Å². The Morgan fingerprint density at radius 2 is 2.04 bits per heavy atom. The maximum Gasteiger partial charge on any atom is 0.137 e. The summed E-state index contributed by atoms with van der Waals surface area (Å²) in [6.45, 7) is 4.04. The molecule has 1 aliphatic rings. The number of rotatable bonds is 3. The van der Waals surface area contributed by atoms with Gasteiger partial charge in [0.1, 0.15) is 17.5 Å². The third-order valence-electron chi connectivity index (χ3n) is 4.58. The summed E-state index contributed by atoms with van der Waals surface area (Å²) in [5.74, 6) is 1.69. The van der Waals surface area contributed by atoms with Crippen molar-refractivity contribution in [2.45, 2.75) is 39.5 Å². The molecule has 4 rings (SSSR count). The Kier molecular flexibility index (Phi) is 3.25. The molecule has 118 valence electrons. The Morgan fingerprint density at radius 1 is 1.17 bits per heavy atom. The van der Waals surface area contributed by atoms with Crippen molar-refractivity contribution in [1.29, 1.82) is 0 Å². The van der Waals surface area contributed by atoms with Crippen LogP contribution < -0.4 is 0 Å². The van der Waals surface area contributed by atoms with E-state index in [9.17, 15) is 4.39 Å². The summed E-state index contributed by atoms with van der Waals surface area (Å²) >= 11 is 0. The first-order chi connectivity index (χ1) is 11.1. The van der Waals surface area contributed by atoms with Crippen LogP contribution in [0.1, 0.15) is 34.2 Å². The van der Waals surface area contributed by atoms with Crippen LogP contribution in [0.5, 0.6) is 0 Å². The lowest BCUT2D eigenvalue weighted by atomic mass is 10.0. The number of nitrogens with zero attached hydrogens (tertiary/aromatic N) is 4. The summed E-state index contributed by atoms with van der Waals surface area (Å²) in [7, 11) is 0. The fourth-order valence-electron chi connectivity index (χ4n) is 3.35. The zero-order chi connectivity index (χ0) is 16.0. The Balaban J connectivity index is 1.68. The van der Waals surface area contributed by atoms with Crippen molar-refractivity contribution in [3.63, 3.8) is 0 Å². The third-order valence-corrected chi connectivity index (χ3v) is 4.58. The Morgan fingerprint density at radius 3 is 2.83 bits per heavy atom. The number of nitrogens with one attached hydrogen (secondary N) is 1. The number of halogens is 1. The monoisotopic (exact) mass is 311 g/mol. The maximum absolute atomic E-state index is 13.5. The minimum atomic E-state index is -0.188. The highest BCUT2D eigenvalue weighted by molar-refractivity contribution is 5.46. The van der Waals surface area contributed by atoms with Gasteiger partial charge in [-0.05, 0) is 56.0 Å². The summed E-state index contributed by atoms with van der Waals surface area (Å²) in [6, 6.07) is 4.95. The Bertz CT molecular complexity index is 858. The van der Waals surface area contributed by atoms with Crippen LogP contribution >= 0.6 is 0 Å². The molecule has 0 saturated heterocycles. The molecule has 3 heterocycles. The van der Waals surface area contributed by atoms with E-state index in [2.05, 4.69) is 25.0 Å². The summed E-state index contributed by atoms with van der Waals surface area (Å²) < 4.78 is 15.6. The van der Waals surface area contributed by atoms with Crippen LogP contribution in [0.3, 0.4) is 0 Å². The lowest BCUT2D eigenvalue weighted by Crippen LogP contribution is -2.15. The van der Waals surface area contributed by atoms with Gasteiger partial charge in [0.15, 0.2) is 0 Å². The molecule has 0 radical (unpaired) electrons. The topological polar surface area (TPSA) is 59.4 Å². The number of H-pyrrole nitrogens is 1. The third kappa shape index (κ3) is 2.34. The van der Waals surface area contributed by atoms with Crippen molar-refractivity contribution in [2.75, 3.05) is 0 Å². The molecule has 0 spiro atoms. The zero-order valence-corrected chi connectivity index (χ0v) is 13.2. The van der Waals surface area contributed by atoms with Gasteiger partial charge in [0.2, 0.25) is 0 Å². The molecule has 3 aromatic rings. The lowest BCUT2D eigenvalue weighted by molar-refractivity contribution is 0.621. The minimum Gasteiger partial charge on any atom is -0.283 e. The molecular formula is C17H18FN5. The SMILES string of the molecule is Cc1n[nH]c(C)c1CCc1nnc2n1-c1ccc(F)cc1CC2. The average molecular weight is 311 g/mol. The fourth-order valence-corrected chi connectivity index (χ4v) is 3.35. The molecule has 0 atom stereocenters. The van der Waals surface area contributed by atoms with Gasteiger partial charge in [-0.1, -0.05) is 0 Å². The molecule has 0 bridgehead atoms. The summed E-state index contributed by atoms with van der Waals surface area (Å²) in [5.41, 5.74) is 5.40. The molecule has 0 aliphatic carbocycles. The number of aromatic nitrogens is 5. The van der Waals surface area contributed by atoms with E-state index in [0.717, 1.165) is 60.0 Å². The number of hydrogen-bond donors (Lipinski definition) is 1. The van der Waals surface area contributed by atoms with Gasteiger partial charge in [-0.2, -0.15) is 5.10 Å². The lowest BCUT2D eigenvalue weighted by Gasteiger charge is -2.19. The van der Waals surface area contributed by atoms with E-state index in [0.29, 0.717) is 0 Å². The van der Waals surface area contributed by atoms with E-state index >= 15 is 0 Å². The second kappa shape index (κ2) is 5.30. The van der Waals surface area contributed by atoms with Gasteiger partial charge in [-0.3, -0.25) is 9.67 Å². The van der Waals surface area contributed by atoms with Crippen LogP contribution in [0.15, 0.2) is 18.2 Å². The van der Waals surface area contributed by atoms with Crippen molar-refractivity contribution in [3.8, 4) is 5.69 Å². The van der Waals surface area contributed by atoms with Gasteiger partial charge in [-0.25, -0.2) is 4.39 Å². The Hall–Kier alpha value is -2.50. The highest BCUT2D eigenvalue weighted by atomic mass is 19.1. The predicted octanol–water partition coefficient (Wildman–Crippen LogP) is 2.63. The molecule has 2 aromatic heterocycles. The minimum absolute atomic E-state index is 0.188. The van der Waals surface area contributed by atoms with E-state index in [-0.39, 0.29) is 5.82 Å². The van der Waals surface area contributed by atoms with Crippen molar-refractivity contribution < 1.29 is 4.39 Å². The first kappa shape index (κ1) is 14.1. The van der Waals surface area contributed by atoms with E-state index in [1.165, 1.54) is 11.6 Å². The zero-order valence-electron chi connectivity index (χ0n) is 13.2. The van der Waals surface area contributed by atoms with E-state index in [4.69, 9.17) is 0 Å². The molecule has 1 aliphatic heterocycles. The Labute approximate surface area is 133 Å². The average Bonchev–Trinajstić information content (AvgIpc) is 3.09. The van der Waals surface area contributed by atoms with E-state index < -0.39 is 0 Å². The normalized spacial score (nSPS) is 13.0. The molecule has 5 nitrogen and oxygen atoms in total. The first-order valence-electron chi connectivity index (χ1n) is 7.86. The second-order valence-electron chi connectivity index (χ2n) is 6.05. The molecule has 0 unspecified atom stereocenters. The quantitative estimate of drug-likeness (QED) is 0.809. The summed E-state index contributed by atoms with van der Waals surface area (Å²) in [6.07, 6.45) is 3.26. The molecule has 1 aromatic carbocycles. The van der Waals surface area contributed by atoms with Gasteiger partial charge in [0.25, 0.3) is 0 Å². The van der Waals surface area contributed by atoms with Crippen LogP contribution in [0.4, 0.5) is 4.39 Å². The molecule has 0 fully saturated rings. The van der Waals surface area contributed by atoms with Gasteiger partial charge >= 0.3 is 0 Å². The van der Waals surface area contributed by atoms with Crippen LogP contribution in [0.2, 0.25) is 0 Å². The van der Waals surface area contributed by atoms with Gasteiger partial charge in [-0.15, -0.1) is 10.2 Å². The van der Waals surface area contributed by atoms with Crippen LogP contribution in [-0.2, 0) is 25.7 Å². The van der Waals surface area contributed by atoms with Crippen molar-refractivity contribution in [2.24, 2.45) is 0 Å². The summed E-state index contributed by atoms with van der Waals surface area (Å²) in [4.78, 5) is 0. The fraction of sp³-hybridized carbons (Fsp3) is 0.353. The second-order valence-corrected chi connectivity index (χ2v) is 6.05. The van der Waals surface area contributed by atoms with E-state index in [1.807, 2.05) is 19.9 Å². The van der Waals surface area contributed by atoms with Crippen LogP contribution in [-0.4, -0.2) is 25.0 Å². The largest absolute Gasteiger partial charge is 0.283 e. The number of aryl methyl sites for hydroxylation is 5. The highest BCUT2D eigenvalue weighted by Gasteiger charge is 2.21. The van der Waals surface area contributed by atoms with Crippen molar-refractivity contribution in [3.05, 3.63) is 58.2 Å². The number of hydrogen-bond acceptors (Lipinski definition) is 3. The van der Waals surface area contributed by atoms with Crippen molar-refractivity contribution in [1.82, 2.24) is 25.0 Å². The number of aromatic amines is 1. The van der Waals surface area contributed by atoms with E-state index in [1.54, 1.807) is 6.07 Å².